The van der Waals surface area contributed by atoms with Crippen LogP contribution >= 0.6 is 0 Å². The first kappa shape index (κ1) is 13.9. The summed E-state index contributed by atoms with van der Waals surface area (Å²) in [7, 11) is 3.23. The van der Waals surface area contributed by atoms with E-state index in [4.69, 9.17) is 9.47 Å². The molecule has 0 radical (unpaired) electrons. The normalized spacial score (nSPS) is 11.6. The second-order valence-electron chi connectivity index (χ2n) is 4.12. The molecule has 0 saturated carbocycles. The molecule has 0 N–H and O–H groups in total. The molecular formula is C14H21NO2. The molecule has 0 heterocycles. The Morgan fingerprint density at radius 2 is 1.76 bits per heavy atom. The zero-order valence-corrected chi connectivity index (χ0v) is 11.3. The van der Waals surface area contributed by atoms with Gasteiger partial charge in [0, 0.05) is 20.4 Å². The van der Waals surface area contributed by atoms with Gasteiger partial charge in [-0.05, 0) is 43.0 Å². The van der Waals surface area contributed by atoms with Crippen LogP contribution in [0.4, 0.5) is 0 Å². The summed E-state index contributed by atoms with van der Waals surface area (Å²) in [5.74, 6) is 0. The van der Waals surface area contributed by atoms with Crippen LogP contribution in [-0.4, -0.2) is 33.3 Å². The van der Waals surface area contributed by atoms with Crippen LogP contribution in [0.1, 0.15) is 22.3 Å². The largest absolute Gasteiger partial charge is 0.354 e. The van der Waals surface area contributed by atoms with E-state index in [0.29, 0.717) is 6.54 Å². The Morgan fingerprint density at radius 1 is 1.12 bits per heavy atom. The number of rotatable bonds is 5. The summed E-state index contributed by atoms with van der Waals surface area (Å²) < 4.78 is 10.1. The second kappa shape index (κ2) is 6.52. The summed E-state index contributed by atoms with van der Waals surface area (Å²) in [5, 5.41) is 0. The molecule has 1 aromatic rings. The number of nitrogens with zero attached hydrogens (tertiary/aromatic N) is 1. The van der Waals surface area contributed by atoms with E-state index in [1.54, 1.807) is 14.2 Å². The molecule has 3 nitrogen and oxygen atoms in total. The number of methoxy groups -OCH3 is 2. The van der Waals surface area contributed by atoms with Crippen molar-refractivity contribution in [1.82, 2.24) is 0 Å². The molecule has 0 atom stereocenters. The summed E-state index contributed by atoms with van der Waals surface area (Å²) in [6.45, 7) is 6.89. The average Bonchev–Trinajstić information content (AvgIpc) is 2.34. The molecule has 0 bridgehead atoms. The van der Waals surface area contributed by atoms with Crippen LogP contribution in [0.2, 0.25) is 0 Å². The fourth-order valence-corrected chi connectivity index (χ4v) is 1.60. The van der Waals surface area contributed by atoms with E-state index in [1.807, 2.05) is 6.21 Å². The number of ether oxygens (including phenoxy) is 2. The SMILES string of the molecule is COC(C/N=C/c1ccc(C)c(C)c1C)OC. The van der Waals surface area contributed by atoms with E-state index in [0.717, 1.165) is 5.56 Å². The zero-order valence-electron chi connectivity index (χ0n) is 11.3. The van der Waals surface area contributed by atoms with Crippen molar-refractivity contribution in [2.45, 2.75) is 27.1 Å². The molecule has 0 amide bonds. The van der Waals surface area contributed by atoms with Crippen molar-refractivity contribution < 1.29 is 9.47 Å². The maximum atomic E-state index is 5.07. The molecule has 0 fully saturated rings. The number of hydrogen-bond acceptors (Lipinski definition) is 3. The van der Waals surface area contributed by atoms with Crippen LogP contribution in [0.25, 0.3) is 0 Å². The minimum atomic E-state index is -0.266. The van der Waals surface area contributed by atoms with E-state index in [1.165, 1.54) is 16.7 Å². The van der Waals surface area contributed by atoms with Crippen LogP contribution < -0.4 is 0 Å². The first-order chi connectivity index (χ1) is 8.10. The first-order valence-corrected chi connectivity index (χ1v) is 5.72. The Hall–Kier alpha value is -1.19. The number of hydrogen-bond donors (Lipinski definition) is 0. The van der Waals surface area contributed by atoms with Crippen LogP contribution in [0.3, 0.4) is 0 Å². The van der Waals surface area contributed by atoms with E-state index in [9.17, 15) is 0 Å². The van der Waals surface area contributed by atoms with Crippen LogP contribution in [0.5, 0.6) is 0 Å². The highest BCUT2D eigenvalue weighted by molar-refractivity contribution is 5.82. The van der Waals surface area contributed by atoms with Gasteiger partial charge in [-0.3, -0.25) is 4.99 Å². The van der Waals surface area contributed by atoms with Gasteiger partial charge >= 0.3 is 0 Å². The molecule has 3 heteroatoms. The second-order valence-corrected chi connectivity index (χ2v) is 4.12. The van der Waals surface area contributed by atoms with Gasteiger partial charge in [-0.15, -0.1) is 0 Å². The van der Waals surface area contributed by atoms with Crippen LogP contribution in [0, 0.1) is 20.8 Å². The minimum Gasteiger partial charge on any atom is -0.354 e. The summed E-state index contributed by atoms with van der Waals surface area (Å²) in [6.07, 6.45) is 1.62. The third kappa shape index (κ3) is 3.65. The Balaban J connectivity index is 2.75. The summed E-state index contributed by atoms with van der Waals surface area (Å²) >= 11 is 0. The molecule has 0 aliphatic heterocycles. The van der Waals surface area contributed by atoms with Crippen molar-refractivity contribution >= 4 is 6.21 Å². The van der Waals surface area contributed by atoms with E-state index >= 15 is 0 Å². The molecule has 0 saturated heterocycles. The number of aliphatic imine (C=N–C) groups is 1. The predicted molar refractivity (Wildman–Crippen MR) is 70.9 cm³/mol. The molecule has 1 aromatic carbocycles. The van der Waals surface area contributed by atoms with Gasteiger partial charge in [0.05, 0.1) is 6.54 Å². The Bertz CT molecular complexity index is 395. The summed E-state index contributed by atoms with van der Waals surface area (Å²) in [5.41, 5.74) is 5.06. The highest BCUT2D eigenvalue weighted by atomic mass is 16.7. The lowest BCUT2D eigenvalue weighted by atomic mass is 10.00. The van der Waals surface area contributed by atoms with E-state index in [2.05, 4.69) is 37.9 Å². The van der Waals surface area contributed by atoms with Crippen molar-refractivity contribution in [3.63, 3.8) is 0 Å². The smallest absolute Gasteiger partial charge is 0.176 e. The molecule has 0 aromatic heterocycles. The first-order valence-electron chi connectivity index (χ1n) is 5.72. The lowest BCUT2D eigenvalue weighted by Crippen LogP contribution is -2.16. The summed E-state index contributed by atoms with van der Waals surface area (Å²) in [4.78, 5) is 4.34. The molecule has 0 unspecified atom stereocenters. The molecule has 0 spiro atoms. The topological polar surface area (TPSA) is 30.8 Å². The average molecular weight is 235 g/mol. The third-order valence-corrected chi connectivity index (χ3v) is 3.11. The Morgan fingerprint density at radius 3 is 2.35 bits per heavy atom. The van der Waals surface area contributed by atoms with Gasteiger partial charge in [-0.2, -0.15) is 0 Å². The predicted octanol–water partition coefficient (Wildman–Crippen LogP) is 2.65. The van der Waals surface area contributed by atoms with Gasteiger partial charge in [0.2, 0.25) is 0 Å². The quantitative estimate of drug-likeness (QED) is 0.580. The fourth-order valence-electron chi connectivity index (χ4n) is 1.60. The van der Waals surface area contributed by atoms with E-state index < -0.39 is 0 Å². The fraction of sp³-hybridized carbons (Fsp3) is 0.500. The molecule has 0 aliphatic carbocycles. The Kier molecular flexibility index (Phi) is 5.32. The number of benzene rings is 1. The molecule has 0 aliphatic rings. The zero-order chi connectivity index (χ0) is 12.8. The van der Waals surface area contributed by atoms with Crippen molar-refractivity contribution in [3.05, 3.63) is 34.4 Å². The van der Waals surface area contributed by atoms with Gasteiger partial charge in [-0.1, -0.05) is 12.1 Å². The monoisotopic (exact) mass is 235 g/mol. The van der Waals surface area contributed by atoms with Crippen molar-refractivity contribution in [2.75, 3.05) is 20.8 Å². The Labute approximate surface area is 103 Å². The van der Waals surface area contributed by atoms with Gasteiger partial charge in [0.15, 0.2) is 6.29 Å². The molecular weight excluding hydrogens is 214 g/mol. The van der Waals surface area contributed by atoms with Crippen molar-refractivity contribution in [3.8, 4) is 0 Å². The minimum absolute atomic E-state index is 0.266. The highest BCUT2D eigenvalue weighted by Crippen LogP contribution is 2.15. The maximum absolute atomic E-state index is 5.07. The standard InChI is InChI=1S/C14H21NO2/c1-10-6-7-13(12(3)11(10)2)8-15-9-14(16-4)17-5/h6-8,14H,9H2,1-5H3/b15-8+. The van der Waals surface area contributed by atoms with Crippen LogP contribution in [0.15, 0.2) is 17.1 Å². The third-order valence-electron chi connectivity index (χ3n) is 3.11. The highest BCUT2D eigenvalue weighted by Gasteiger charge is 2.03. The van der Waals surface area contributed by atoms with Crippen LogP contribution in [-0.2, 0) is 9.47 Å². The van der Waals surface area contributed by atoms with Gasteiger partial charge in [-0.25, -0.2) is 0 Å². The molecule has 17 heavy (non-hydrogen) atoms. The molecule has 1 rings (SSSR count). The van der Waals surface area contributed by atoms with Gasteiger partial charge in [0.1, 0.15) is 0 Å². The van der Waals surface area contributed by atoms with Gasteiger partial charge in [0.25, 0.3) is 0 Å². The maximum Gasteiger partial charge on any atom is 0.176 e. The van der Waals surface area contributed by atoms with Crippen molar-refractivity contribution in [2.24, 2.45) is 4.99 Å². The number of aryl methyl sites for hydroxylation is 1. The van der Waals surface area contributed by atoms with E-state index in [-0.39, 0.29) is 6.29 Å². The van der Waals surface area contributed by atoms with Gasteiger partial charge < -0.3 is 9.47 Å². The molecule has 94 valence electrons. The summed E-state index contributed by atoms with van der Waals surface area (Å²) in [6, 6.07) is 4.21. The lowest BCUT2D eigenvalue weighted by Gasteiger charge is -2.10. The lowest BCUT2D eigenvalue weighted by molar-refractivity contribution is -0.0936. The van der Waals surface area contributed by atoms with Crippen molar-refractivity contribution in [1.29, 1.82) is 0 Å².